The van der Waals surface area contributed by atoms with Crippen LogP contribution in [0.15, 0.2) is 36.4 Å². The third-order valence-electron chi connectivity index (χ3n) is 4.23. The number of anilines is 2. The summed E-state index contributed by atoms with van der Waals surface area (Å²) in [6.45, 7) is 3.93. The fraction of sp³-hybridized carbons (Fsp3) is 0.263. The Labute approximate surface area is 161 Å². The van der Waals surface area contributed by atoms with Crippen LogP contribution < -0.4 is 15.0 Å². The number of benzene rings is 2. The lowest BCUT2D eigenvalue weighted by Gasteiger charge is -2.24. The maximum absolute atomic E-state index is 12.5. The molecule has 136 valence electrons. The lowest BCUT2D eigenvalue weighted by atomic mass is 9.93. The van der Waals surface area contributed by atoms with Gasteiger partial charge in [0.15, 0.2) is 0 Å². The summed E-state index contributed by atoms with van der Waals surface area (Å²) in [4.78, 5) is 26.5. The highest BCUT2D eigenvalue weighted by Gasteiger charge is 2.36. The molecule has 1 aliphatic heterocycles. The molecule has 2 aromatic carbocycles. The molecule has 0 unspecified atom stereocenters. The number of carbonyl (C=O) groups excluding carboxylic acids is 2. The van der Waals surface area contributed by atoms with Gasteiger partial charge in [-0.2, -0.15) is 0 Å². The van der Waals surface area contributed by atoms with Gasteiger partial charge in [0, 0.05) is 24.4 Å². The number of amides is 2. The summed E-state index contributed by atoms with van der Waals surface area (Å²) in [5, 5.41) is 3.50. The standard InChI is InChI=1S/C19H18Cl2N2O3/c1-19(2)10-26-16-9-12(5-7-15(16)23(3)18(19)25)22-17(24)11-4-6-13(20)14(21)8-11/h4-9H,10H2,1-3H3,(H,22,24). The molecule has 0 atom stereocenters. The molecule has 2 aromatic rings. The van der Waals surface area contributed by atoms with Crippen LogP contribution in [0, 0.1) is 5.41 Å². The van der Waals surface area contributed by atoms with E-state index in [0.717, 1.165) is 0 Å². The number of hydrogen-bond acceptors (Lipinski definition) is 3. The molecule has 0 saturated heterocycles. The number of ether oxygens (including phenoxy) is 1. The average Bonchev–Trinajstić information content (AvgIpc) is 2.68. The molecule has 0 radical (unpaired) electrons. The van der Waals surface area contributed by atoms with E-state index >= 15 is 0 Å². The zero-order valence-corrected chi connectivity index (χ0v) is 16.1. The minimum Gasteiger partial charge on any atom is -0.490 e. The van der Waals surface area contributed by atoms with Crippen molar-refractivity contribution >= 4 is 46.4 Å². The van der Waals surface area contributed by atoms with E-state index < -0.39 is 5.41 Å². The Morgan fingerprint density at radius 3 is 2.58 bits per heavy atom. The molecule has 1 N–H and O–H groups in total. The van der Waals surface area contributed by atoms with Gasteiger partial charge < -0.3 is 15.0 Å². The van der Waals surface area contributed by atoms with Crippen molar-refractivity contribution < 1.29 is 14.3 Å². The first-order valence-electron chi connectivity index (χ1n) is 8.00. The van der Waals surface area contributed by atoms with Gasteiger partial charge in [0.25, 0.3) is 5.91 Å². The van der Waals surface area contributed by atoms with Crippen molar-refractivity contribution in [2.45, 2.75) is 13.8 Å². The van der Waals surface area contributed by atoms with Gasteiger partial charge in [-0.05, 0) is 44.2 Å². The van der Waals surface area contributed by atoms with Crippen LogP contribution in [0.25, 0.3) is 0 Å². The van der Waals surface area contributed by atoms with E-state index in [2.05, 4.69) is 5.32 Å². The van der Waals surface area contributed by atoms with Crippen molar-refractivity contribution in [1.29, 1.82) is 0 Å². The van der Waals surface area contributed by atoms with E-state index in [-0.39, 0.29) is 18.4 Å². The summed E-state index contributed by atoms with van der Waals surface area (Å²) in [5.41, 5.74) is 0.981. The van der Waals surface area contributed by atoms with Gasteiger partial charge in [-0.25, -0.2) is 0 Å². The van der Waals surface area contributed by atoms with Gasteiger partial charge in [-0.1, -0.05) is 23.2 Å². The van der Waals surface area contributed by atoms with Crippen LogP contribution in [0.4, 0.5) is 11.4 Å². The third-order valence-corrected chi connectivity index (χ3v) is 4.97. The Bertz CT molecular complexity index is 896. The molecule has 1 heterocycles. The fourth-order valence-electron chi connectivity index (χ4n) is 2.71. The Morgan fingerprint density at radius 1 is 1.15 bits per heavy atom. The van der Waals surface area contributed by atoms with E-state index in [0.29, 0.717) is 32.7 Å². The van der Waals surface area contributed by atoms with Crippen molar-refractivity contribution in [3.05, 3.63) is 52.0 Å². The summed E-state index contributed by atoms with van der Waals surface area (Å²) < 4.78 is 5.81. The van der Waals surface area contributed by atoms with E-state index in [4.69, 9.17) is 27.9 Å². The highest BCUT2D eigenvalue weighted by atomic mass is 35.5. The largest absolute Gasteiger partial charge is 0.490 e. The second-order valence-electron chi connectivity index (χ2n) is 6.80. The number of hydrogen-bond donors (Lipinski definition) is 1. The molecule has 0 spiro atoms. The van der Waals surface area contributed by atoms with E-state index in [9.17, 15) is 9.59 Å². The molecular formula is C19H18Cl2N2O3. The molecular weight excluding hydrogens is 375 g/mol. The predicted octanol–water partition coefficient (Wildman–Crippen LogP) is 4.63. The van der Waals surface area contributed by atoms with Crippen molar-refractivity contribution in [2.75, 3.05) is 23.9 Å². The summed E-state index contributed by atoms with van der Waals surface area (Å²) in [6, 6.07) is 9.85. The van der Waals surface area contributed by atoms with Crippen LogP contribution in [0.3, 0.4) is 0 Å². The summed E-state index contributed by atoms with van der Waals surface area (Å²) in [6.07, 6.45) is 0. The molecule has 1 aliphatic rings. The Morgan fingerprint density at radius 2 is 1.88 bits per heavy atom. The van der Waals surface area contributed by atoms with Crippen molar-refractivity contribution in [1.82, 2.24) is 0 Å². The van der Waals surface area contributed by atoms with Crippen LogP contribution in [-0.2, 0) is 4.79 Å². The molecule has 3 rings (SSSR count). The third kappa shape index (κ3) is 3.50. The first-order valence-corrected chi connectivity index (χ1v) is 8.76. The molecule has 5 nitrogen and oxygen atoms in total. The Kier molecular flexibility index (Phi) is 4.86. The Balaban J connectivity index is 1.85. The molecule has 0 aliphatic carbocycles. The molecule has 26 heavy (non-hydrogen) atoms. The average molecular weight is 393 g/mol. The number of nitrogens with zero attached hydrogens (tertiary/aromatic N) is 1. The first kappa shape index (κ1) is 18.5. The van der Waals surface area contributed by atoms with Gasteiger partial charge in [0.05, 0.1) is 21.1 Å². The van der Waals surface area contributed by atoms with Crippen LogP contribution in [-0.4, -0.2) is 25.5 Å². The molecule has 7 heteroatoms. The predicted molar refractivity (Wildman–Crippen MR) is 104 cm³/mol. The van der Waals surface area contributed by atoms with Gasteiger partial charge in [0.1, 0.15) is 12.4 Å². The highest BCUT2D eigenvalue weighted by Crippen LogP contribution is 2.37. The van der Waals surface area contributed by atoms with Crippen LogP contribution in [0.5, 0.6) is 5.75 Å². The molecule has 0 bridgehead atoms. The minimum absolute atomic E-state index is 0.0242. The zero-order valence-electron chi connectivity index (χ0n) is 14.6. The smallest absolute Gasteiger partial charge is 0.255 e. The van der Waals surface area contributed by atoms with Crippen molar-refractivity contribution in [2.24, 2.45) is 5.41 Å². The van der Waals surface area contributed by atoms with Crippen LogP contribution >= 0.6 is 23.2 Å². The van der Waals surface area contributed by atoms with Crippen LogP contribution in [0.1, 0.15) is 24.2 Å². The monoisotopic (exact) mass is 392 g/mol. The zero-order chi connectivity index (χ0) is 19.1. The van der Waals surface area contributed by atoms with Gasteiger partial charge in [0.2, 0.25) is 5.91 Å². The molecule has 0 saturated carbocycles. The number of rotatable bonds is 2. The second-order valence-corrected chi connectivity index (χ2v) is 7.62. The molecule has 0 fully saturated rings. The van der Waals surface area contributed by atoms with Gasteiger partial charge in [-0.3, -0.25) is 9.59 Å². The summed E-state index contributed by atoms with van der Waals surface area (Å²) >= 11 is 11.8. The molecule has 0 aromatic heterocycles. The van der Waals surface area contributed by atoms with Crippen molar-refractivity contribution in [3.63, 3.8) is 0 Å². The maximum atomic E-state index is 12.5. The SMILES string of the molecule is CN1C(=O)C(C)(C)COc2cc(NC(=O)c3ccc(Cl)c(Cl)c3)ccc21. The number of carbonyl (C=O) groups is 2. The number of fused-ring (bicyclic) bond motifs is 1. The topological polar surface area (TPSA) is 58.6 Å². The Hall–Kier alpha value is -2.24. The van der Waals surface area contributed by atoms with E-state index in [1.165, 1.54) is 6.07 Å². The van der Waals surface area contributed by atoms with Crippen LogP contribution in [0.2, 0.25) is 10.0 Å². The van der Waals surface area contributed by atoms with Gasteiger partial charge >= 0.3 is 0 Å². The second kappa shape index (κ2) is 6.82. The fourth-order valence-corrected chi connectivity index (χ4v) is 3.01. The normalized spacial score (nSPS) is 15.7. The van der Waals surface area contributed by atoms with E-state index in [1.807, 2.05) is 13.8 Å². The maximum Gasteiger partial charge on any atom is 0.255 e. The summed E-state index contributed by atoms with van der Waals surface area (Å²) in [7, 11) is 1.71. The number of halogens is 2. The van der Waals surface area contributed by atoms with Crippen molar-refractivity contribution in [3.8, 4) is 5.75 Å². The quantitative estimate of drug-likeness (QED) is 0.810. The minimum atomic E-state index is -0.628. The lowest BCUT2D eigenvalue weighted by Crippen LogP contribution is -2.39. The first-order chi connectivity index (χ1) is 12.2. The number of nitrogens with one attached hydrogen (secondary N) is 1. The summed E-state index contributed by atoms with van der Waals surface area (Å²) in [5.74, 6) is 0.198. The lowest BCUT2D eigenvalue weighted by molar-refractivity contribution is -0.127. The highest BCUT2D eigenvalue weighted by molar-refractivity contribution is 6.42. The van der Waals surface area contributed by atoms with E-state index in [1.54, 1.807) is 42.3 Å². The van der Waals surface area contributed by atoms with Gasteiger partial charge in [-0.15, -0.1) is 0 Å². The molecule has 2 amide bonds.